The fraction of sp³-hybridized carbons (Fsp3) is 0.333. The van der Waals surface area contributed by atoms with Gasteiger partial charge in [-0.3, -0.25) is 4.40 Å². The van der Waals surface area contributed by atoms with E-state index in [0.29, 0.717) is 5.65 Å². The van der Waals surface area contributed by atoms with Crippen LogP contribution in [0, 0.1) is 0 Å². The minimum absolute atomic E-state index is 0.175. The number of rotatable bonds is 5. The van der Waals surface area contributed by atoms with Gasteiger partial charge in [0.05, 0.1) is 6.61 Å². The van der Waals surface area contributed by atoms with Gasteiger partial charge < -0.3 is 9.84 Å². The molecule has 0 unspecified atom stereocenters. The maximum atomic E-state index is 12.0. The molecule has 0 aliphatic carbocycles. The second-order valence-corrected chi connectivity index (χ2v) is 4.07. The average molecular weight is 288 g/mol. The van der Waals surface area contributed by atoms with Gasteiger partial charge in [-0.1, -0.05) is 6.07 Å². The molecule has 0 saturated heterocycles. The van der Waals surface area contributed by atoms with E-state index in [2.05, 4.69) is 4.98 Å². The molecule has 2 aromatic rings. The molecule has 0 radical (unpaired) electrons. The largest absolute Gasteiger partial charge is 0.476 e. The first-order valence-corrected chi connectivity index (χ1v) is 5.78. The van der Waals surface area contributed by atoms with Crippen molar-refractivity contribution in [2.45, 2.75) is 19.0 Å². The molecule has 0 aliphatic heterocycles. The van der Waals surface area contributed by atoms with Gasteiger partial charge in [0, 0.05) is 12.6 Å². The lowest BCUT2D eigenvalue weighted by atomic mass is 10.3. The third kappa shape index (κ3) is 3.19. The maximum absolute atomic E-state index is 12.0. The van der Waals surface area contributed by atoms with Crippen molar-refractivity contribution in [2.75, 3.05) is 6.61 Å². The Labute approximate surface area is 111 Å². The van der Waals surface area contributed by atoms with Crippen LogP contribution >= 0.6 is 0 Å². The quantitative estimate of drug-likeness (QED) is 0.859. The SMILES string of the molecule is O=C(O)c1c(OCCCC(F)(F)F)nc2ccccn12. The summed E-state index contributed by atoms with van der Waals surface area (Å²) in [4.78, 5) is 15.1. The molecule has 2 aromatic heterocycles. The van der Waals surface area contributed by atoms with E-state index in [-0.39, 0.29) is 24.6 Å². The van der Waals surface area contributed by atoms with Gasteiger partial charge in [-0.25, -0.2) is 4.79 Å². The molecule has 108 valence electrons. The third-order valence-corrected chi connectivity index (χ3v) is 2.54. The van der Waals surface area contributed by atoms with E-state index in [9.17, 15) is 18.0 Å². The first-order chi connectivity index (χ1) is 9.38. The van der Waals surface area contributed by atoms with Gasteiger partial charge in [-0.05, 0) is 18.6 Å². The predicted octanol–water partition coefficient (Wildman–Crippen LogP) is 2.75. The summed E-state index contributed by atoms with van der Waals surface area (Å²) in [6.45, 7) is -0.246. The zero-order valence-corrected chi connectivity index (χ0v) is 10.2. The fourth-order valence-electron chi connectivity index (χ4n) is 1.71. The van der Waals surface area contributed by atoms with Gasteiger partial charge in [-0.15, -0.1) is 0 Å². The van der Waals surface area contributed by atoms with Crippen LogP contribution in [-0.2, 0) is 0 Å². The molecule has 0 amide bonds. The highest BCUT2D eigenvalue weighted by Gasteiger charge is 2.26. The number of hydrogen-bond acceptors (Lipinski definition) is 3. The van der Waals surface area contributed by atoms with Crippen LogP contribution in [0.25, 0.3) is 5.65 Å². The van der Waals surface area contributed by atoms with Crippen molar-refractivity contribution in [3.63, 3.8) is 0 Å². The smallest absolute Gasteiger partial charge is 0.389 e. The molecule has 0 saturated carbocycles. The Morgan fingerprint density at radius 3 is 2.80 bits per heavy atom. The highest BCUT2D eigenvalue weighted by Crippen LogP contribution is 2.23. The van der Waals surface area contributed by atoms with Crippen LogP contribution in [0.1, 0.15) is 23.3 Å². The Morgan fingerprint density at radius 2 is 2.15 bits per heavy atom. The van der Waals surface area contributed by atoms with E-state index in [0.717, 1.165) is 0 Å². The van der Waals surface area contributed by atoms with Crippen LogP contribution in [0.5, 0.6) is 5.88 Å². The molecular formula is C12H11F3N2O3. The van der Waals surface area contributed by atoms with E-state index in [1.54, 1.807) is 18.2 Å². The van der Waals surface area contributed by atoms with E-state index in [1.807, 2.05) is 0 Å². The van der Waals surface area contributed by atoms with Crippen molar-refractivity contribution in [1.82, 2.24) is 9.38 Å². The lowest BCUT2D eigenvalue weighted by Crippen LogP contribution is -2.11. The molecule has 8 heteroatoms. The molecule has 0 aromatic carbocycles. The van der Waals surface area contributed by atoms with Crippen molar-refractivity contribution >= 4 is 11.6 Å². The average Bonchev–Trinajstić information content (AvgIpc) is 2.71. The highest BCUT2D eigenvalue weighted by atomic mass is 19.4. The van der Waals surface area contributed by atoms with Gasteiger partial charge in [0.15, 0.2) is 5.69 Å². The number of pyridine rings is 1. The highest BCUT2D eigenvalue weighted by molar-refractivity contribution is 5.89. The molecular weight excluding hydrogens is 277 g/mol. The van der Waals surface area contributed by atoms with Crippen molar-refractivity contribution in [1.29, 1.82) is 0 Å². The molecule has 1 N–H and O–H groups in total. The third-order valence-electron chi connectivity index (χ3n) is 2.54. The number of carboxylic acid groups (broad SMARTS) is 1. The van der Waals surface area contributed by atoms with Crippen molar-refractivity contribution < 1.29 is 27.8 Å². The number of imidazole rings is 1. The summed E-state index contributed by atoms with van der Waals surface area (Å²) in [5.74, 6) is -1.43. The number of nitrogens with zero attached hydrogens (tertiary/aromatic N) is 2. The molecule has 20 heavy (non-hydrogen) atoms. The standard InChI is InChI=1S/C12H11F3N2O3/c13-12(14,15)5-3-7-20-10-9(11(18)19)17-6-2-1-4-8(17)16-10/h1-2,4,6H,3,5,7H2,(H,18,19). The summed E-state index contributed by atoms with van der Waals surface area (Å²) in [6.07, 6.45) is -3.99. The predicted molar refractivity (Wildman–Crippen MR) is 62.9 cm³/mol. The lowest BCUT2D eigenvalue weighted by molar-refractivity contribution is -0.136. The summed E-state index contributed by atoms with van der Waals surface area (Å²) in [7, 11) is 0. The molecule has 0 fully saturated rings. The Morgan fingerprint density at radius 1 is 1.40 bits per heavy atom. The molecule has 0 atom stereocenters. The summed E-state index contributed by atoms with van der Waals surface area (Å²) in [5, 5.41) is 9.12. The van der Waals surface area contributed by atoms with Gasteiger partial charge in [0.1, 0.15) is 5.65 Å². The summed E-state index contributed by atoms with van der Waals surface area (Å²) < 4.78 is 42.3. The van der Waals surface area contributed by atoms with Crippen LogP contribution < -0.4 is 4.74 Å². The van der Waals surface area contributed by atoms with Crippen molar-refractivity contribution in [2.24, 2.45) is 0 Å². The number of halogens is 3. The molecule has 0 aliphatic rings. The number of carboxylic acids is 1. The first kappa shape index (κ1) is 14.2. The topological polar surface area (TPSA) is 63.8 Å². The molecule has 0 spiro atoms. The molecule has 0 bridgehead atoms. The van der Waals surface area contributed by atoms with Crippen LogP contribution in [0.2, 0.25) is 0 Å². The van der Waals surface area contributed by atoms with E-state index in [1.165, 1.54) is 10.6 Å². The number of carbonyl (C=O) groups is 1. The number of aromatic nitrogens is 2. The van der Waals surface area contributed by atoms with Gasteiger partial charge >= 0.3 is 12.1 Å². The monoisotopic (exact) mass is 288 g/mol. The van der Waals surface area contributed by atoms with Gasteiger partial charge in [0.25, 0.3) is 0 Å². The number of ether oxygens (including phenoxy) is 1. The van der Waals surface area contributed by atoms with Gasteiger partial charge in [-0.2, -0.15) is 18.2 Å². The van der Waals surface area contributed by atoms with Crippen LogP contribution in [-0.4, -0.2) is 33.2 Å². The summed E-state index contributed by atoms with van der Waals surface area (Å²) >= 11 is 0. The second kappa shape index (κ2) is 5.40. The van der Waals surface area contributed by atoms with Crippen molar-refractivity contribution in [3.8, 4) is 5.88 Å². The second-order valence-electron chi connectivity index (χ2n) is 4.07. The number of hydrogen-bond donors (Lipinski definition) is 1. The zero-order chi connectivity index (χ0) is 14.8. The zero-order valence-electron chi connectivity index (χ0n) is 10.2. The molecule has 5 nitrogen and oxygen atoms in total. The maximum Gasteiger partial charge on any atom is 0.389 e. The minimum Gasteiger partial charge on any atom is -0.476 e. The summed E-state index contributed by atoms with van der Waals surface area (Å²) in [6, 6.07) is 4.87. The Kier molecular flexibility index (Phi) is 3.82. The Balaban J connectivity index is 2.13. The van der Waals surface area contributed by atoms with Crippen LogP contribution in [0.15, 0.2) is 24.4 Å². The lowest BCUT2D eigenvalue weighted by Gasteiger charge is -2.06. The first-order valence-electron chi connectivity index (χ1n) is 5.78. The van der Waals surface area contributed by atoms with E-state index >= 15 is 0 Å². The number of fused-ring (bicyclic) bond motifs is 1. The van der Waals surface area contributed by atoms with Crippen LogP contribution in [0.3, 0.4) is 0 Å². The minimum atomic E-state index is -4.25. The Bertz CT molecular complexity index is 622. The van der Waals surface area contributed by atoms with Crippen LogP contribution in [0.4, 0.5) is 13.2 Å². The Hall–Kier alpha value is -2.25. The van der Waals surface area contributed by atoms with E-state index in [4.69, 9.17) is 9.84 Å². The van der Waals surface area contributed by atoms with E-state index < -0.39 is 18.6 Å². The van der Waals surface area contributed by atoms with Crippen molar-refractivity contribution in [3.05, 3.63) is 30.1 Å². The normalized spacial score (nSPS) is 11.8. The number of aromatic carboxylic acids is 1. The number of alkyl halides is 3. The van der Waals surface area contributed by atoms with Gasteiger partial charge in [0.2, 0.25) is 5.88 Å². The summed E-state index contributed by atoms with van der Waals surface area (Å²) in [5.41, 5.74) is 0.156. The molecule has 2 rings (SSSR count). The molecule has 2 heterocycles. The fourth-order valence-corrected chi connectivity index (χ4v) is 1.71.